The Morgan fingerprint density at radius 3 is 1.54 bits per heavy atom. The van der Waals surface area contributed by atoms with Gasteiger partial charge in [0.25, 0.3) is 0 Å². The molecule has 0 bridgehead atoms. The van der Waals surface area contributed by atoms with E-state index in [0.29, 0.717) is 6.54 Å². The molecule has 0 saturated carbocycles. The largest absolute Gasteiger partial charge is 0.443 e. The quantitative estimate of drug-likeness (QED) is 0.00859. The van der Waals surface area contributed by atoms with E-state index < -0.39 is 40.4 Å². The number of alkyl halides is 1. The topological polar surface area (TPSA) is 173 Å². The second-order valence-corrected chi connectivity index (χ2v) is 15.2. The van der Waals surface area contributed by atoms with E-state index in [0.717, 1.165) is 74.7 Å². The highest BCUT2D eigenvalue weighted by molar-refractivity contribution is 9.09. The number of nitrogens with zero attached hydrogens (tertiary/aromatic N) is 1. The zero-order chi connectivity index (χ0) is 41.1. The van der Waals surface area contributed by atoms with E-state index >= 15 is 0 Å². The lowest BCUT2D eigenvalue weighted by Crippen LogP contribution is -2.46. The number of amides is 4. The predicted octanol–water partition coefficient (Wildman–Crippen LogP) is 11.2. The number of carbonyl (C=O) groups excluding carboxylic acids is 4. The van der Waals surface area contributed by atoms with Gasteiger partial charge in [0.1, 0.15) is 16.8 Å². The molecule has 6 N–H and O–H groups in total. The Morgan fingerprint density at radius 1 is 0.704 bits per heavy atom. The molecule has 0 spiro atoms. The first-order valence-electron chi connectivity index (χ1n) is 17.7. The highest BCUT2D eigenvalue weighted by Gasteiger charge is 2.20. The maximum Gasteiger partial charge on any atom is 0.426 e. The van der Waals surface area contributed by atoms with Gasteiger partial charge in [-0.25, -0.2) is 36.1 Å². The van der Waals surface area contributed by atoms with Crippen molar-refractivity contribution in [1.29, 1.82) is 0 Å². The molecule has 13 nitrogen and oxygen atoms in total. The minimum absolute atomic E-state index is 0. The lowest BCUT2D eigenvalue weighted by atomic mass is 10.2. The summed E-state index contributed by atoms with van der Waals surface area (Å²) in [6.45, 7) is 28.1. The number of nitrogens with one attached hydrogen (secondary N) is 4. The van der Waals surface area contributed by atoms with Crippen LogP contribution in [0.2, 0.25) is 0 Å². The second-order valence-electron chi connectivity index (χ2n) is 14.1. The molecule has 15 heteroatoms. The molecule has 0 aromatic heterocycles. The molecule has 0 radical (unpaired) electrons. The van der Waals surface area contributed by atoms with Crippen LogP contribution in [0, 0.1) is 6.42 Å². The molecule has 0 atom stereocenters. The minimum Gasteiger partial charge on any atom is -0.443 e. The van der Waals surface area contributed by atoms with E-state index in [1.54, 1.807) is 41.5 Å². The van der Waals surface area contributed by atoms with Gasteiger partial charge in [-0.2, -0.15) is 0 Å². The first-order chi connectivity index (χ1) is 24.1. The summed E-state index contributed by atoms with van der Waals surface area (Å²) in [6.07, 6.45) is 17.7. The number of carbonyl (C=O) groups is 4. The fourth-order valence-electron chi connectivity index (χ4n) is 3.22. The Morgan fingerprint density at radius 2 is 1.15 bits per heavy atom. The van der Waals surface area contributed by atoms with Crippen LogP contribution in [-0.2, 0) is 14.2 Å². The smallest absolute Gasteiger partial charge is 0.426 e. The van der Waals surface area contributed by atoms with Crippen molar-refractivity contribution < 1.29 is 33.4 Å². The third-order valence-corrected chi connectivity index (χ3v) is 5.99. The average molecular weight is 859 g/mol. The van der Waals surface area contributed by atoms with Crippen LogP contribution in [0.15, 0.2) is 38.0 Å². The lowest BCUT2D eigenvalue weighted by Gasteiger charge is -2.24. The molecule has 0 aliphatic rings. The number of ether oxygens (including phenoxy) is 3. The number of rotatable bonds is 18. The van der Waals surface area contributed by atoms with Crippen molar-refractivity contribution in [1.82, 2.24) is 26.7 Å². The maximum absolute atomic E-state index is 11.5. The fraction of sp³-hybridized carbons (Fsp3) is 0.718. The summed E-state index contributed by atoms with van der Waals surface area (Å²) < 4.78 is 14.8. The molecule has 320 valence electrons. The molecule has 4 amide bonds. The van der Waals surface area contributed by atoms with Gasteiger partial charge in [0.2, 0.25) is 0 Å². The van der Waals surface area contributed by atoms with Crippen LogP contribution in [0.4, 0.5) is 19.2 Å². The van der Waals surface area contributed by atoms with Gasteiger partial charge in [0.15, 0.2) is 0 Å². The van der Waals surface area contributed by atoms with Crippen LogP contribution >= 0.6 is 27.5 Å². The van der Waals surface area contributed by atoms with Gasteiger partial charge in [0, 0.05) is 24.8 Å². The Labute approximate surface area is 343 Å². The molecule has 0 aliphatic carbocycles. The normalized spacial score (nSPS) is 10.1. The summed E-state index contributed by atoms with van der Waals surface area (Å²) in [4.78, 5) is 44.2. The molecule has 0 unspecified atom stereocenters. The van der Waals surface area contributed by atoms with Crippen molar-refractivity contribution in [2.45, 2.75) is 165 Å². The van der Waals surface area contributed by atoms with Gasteiger partial charge in [-0.3, -0.25) is 15.6 Å². The Kier molecular flexibility index (Phi) is 46.4. The number of hydrogen-bond acceptors (Lipinski definition) is 9. The Hall–Kier alpha value is -2.94. The third-order valence-electron chi connectivity index (χ3n) is 5.33. The summed E-state index contributed by atoms with van der Waals surface area (Å²) >= 11 is 8.74. The zero-order valence-electron chi connectivity index (χ0n) is 33.5. The van der Waals surface area contributed by atoms with Crippen molar-refractivity contribution in [2.75, 3.05) is 18.4 Å². The number of nitrogens with two attached hydrogens (primary N) is 1. The SMILES string of the molecule is C.C.C=CCCCCCN(NC(=O)OC(C)(C)C)C(=O)Cl.C=CCCCCCNNC(=O)OC(C)(C)C.C=CCC[CH+]CCBr.CC(C)(C)OC(=O)NN. The van der Waals surface area contributed by atoms with Crippen LogP contribution in [0.5, 0.6) is 0 Å². The van der Waals surface area contributed by atoms with Crippen molar-refractivity contribution in [3.05, 3.63) is 44.4 Å². The molecule has 0 fully saturated rings. The predicted molar refractivity (Wildman–Crippen MR) is 231 cm³/mol. The van der Waals surface area contributed by atoms with Gasteiger partial charge in [0.05, 0.1) is 19.3 Å². The molecule has 0 aliphatic heterocycles. The first kappa shape index (κ1) is 63.0. The summed E-state index contributed by atoms with van der Waals surface area (Å²) in [5.74, 6) is 4.75. The van der Waals surface area contributed by atoms with Crippen LogP contribution in [0.3, 0.4) is 0 Å². The highest BCUT2D eigenvalue weighted by Crippen LogP contribution is 2.09. The standard InChI is InChI=1S/C13H23ClN2O3.C12H24N2O2.C7H12Br.C5H12N2O2.2CH4/c1-5-6-7-8-9-10-16(11(14)17)15-12(18)19-13(2,3)4;1-5-6-7-8-9-10-13-14-11(15)16-12(2,3)4;1-2-3-4-5-6-7-8;1-5(2,3)9-4(8)7-6;;/h5H,1,6-10H2,2-4H3,(H,15,18);5,13H,1,6-10H2,2-4H3,(H,14,15);2,5H,1,3-4,6-7H2;6H2,1-3H3,(H,7,8);2*1H4/q;;+1;;;. The Bertz CT molecular complexity index is 969. The number of unbranched alkanes of at least 4 members (excludes halogenated alkanes) is 9. The molecular formula is C39H79BrClN6O7+. The number of hydrogen-bond donors (Lipinski definition) is 5. The Balaban J connectivity index is -0.000000149. The van der Waals surface area contributed by atoms with Gasteiger partial charge in [-0.15, -0.1) is 19.7 Å². The summed E-state index contributed by atoms with van der Waals surface area (Å²) in [7, 11) is 0. The lowest BCUT2D eigenvalue weighted by molar-refractivity contribution is 0.0390. The number of hydrazine groups is 3. The van der Waals surface area contributed by atoms with Gasteiger partial charge in [-0.1, -0.05) is 61.9 Å². The number of halogens is 2. The van der Waals surface area contributed by atoms with E-state index in [-0.39, 0.29) is 14.9 Å². The molecular weight excluding hydrogens is 780 g/mol. The average Bonchev–Trinajstić information content (AvgIpc) is 3.00. The van der Waals surface area contributed by atoms with E-state index in [1.165, 1.54) is 12.8 Å². The third kappa shape index (κ3) is 61.1. The van der Waals surface area contributed by atoms with Gasteiger partial charge in [-0.05, 0) is 112 Å². The van der Waals surface area contributed by atoms with Gasteiger partial charge < -0.3 is 14.2 Å². The molecule has 0 saturated heterocycles. The van der Waals surface area contributed by atoms with Gasteiger partial charge >= 0.3 is 23.6 Å². The molecule has 0 aromatic rings. The highest BCUT2D eigenvalue weighted by atomic mass is 79.9. The van der Waals surface area contributed by atoms with E-state index in [4.69, 9.17) is 31.7 Å². The summed E-state index contributed by atoms with van der Waals surface area (Å²) in [6, 6.07) is 0. The molecule has 0 rings (SSSR count). The van der Waals surface area contributed by atoms with Crippen molar-refractivity contribution >= 4 is 51.2 Å². The summed E-state index contributed by atoms with van der Waals surface area (Å²) in [5.41, 5.74) is 7.99. The van der Waals surface area contributed by atoms with Crippen LogP contribution in [0.25, 0.3) is 0 Å². The van der Waals surface area contributed by atoms with E-state index in [1.807, 2.05) is 44.4 Å². The number of allylic oxidation sites excluding steroid dienone is 3. The van der Waals surface area contributed by atoms with Crippen LogP contribution < -0.4 is 27.5 Å². The first-order valence-corrected chi connectivity index (χ1v) is 19.2. The molecule has 0 aromatic carbocycles. The van der Waals surface area contributed by atoms with Crippen LogP contribution in [-0.4, -0.2) is 63.9 Å². The fourth-order valence-corrected chi connectivity index (χ4v) is 3.67. The van der Waals surface area contributed by atoms with E-state index in [2.05, 4.69) is 58.4 Å². The maximum atomic E-state index is 11.5. The van der Waals surface area contributed by atoms with E-state index in [9.17, 15) is 19.2 Å². The van der Waals surface area contributed by atoms with Crippen molar-refractivity contribution in [3.63, 3.8) is 0 Å². The zero-order valence-corrected chi connectivity index (χ0v) is 35.8. The minimum atomic E-state index is -0.727. The van der Waals surface area contributed by atoms with Crippen molar-refractivity contribution in [2.24, 2.45) is 5.84 Å². The monoisotopic (exact) mass is 857 g/mol. The summed E-state index contributed by atoms with van der Waals surface area (Å²) in [5, 5.41) is 1.42. The molecule has 54 heavy (non-hydrogen) atoms. The van der Waals surface area contributed by atoms with Crippen molar-refractivity contribution in [3.8, 4) is 0 Å². The second kappa shape index (κ2) is 39.7. The van der Waals surface area contributed by atoms with Crippen LogP contribution in [0.1, 0.15) is 148 Å². The molecule has 0 heterocycles.